The standard InChI is InChI=1S/C26H28ClN3O3S/c1-5-33-20-13-11-17-9-6-7-10-18(17)22(20)25(31)30(16-8-15-29(2)3)26-28-23-21(32-4)14-12-19(27)24(23)34-26/h6-7,9-14H,5,8,15-16H2,1-4H3. The molecular weight excluding hydrogens is 470 g/mol. The van der Waals surface area contributed by atoms with Crippen LogP contribution in [0.25, 0.3) is 21.0 Å². The molecule has 34 heavy (non-hydrogen) atoms. The smallest absolute Gasteiger partial charge is 0.264 e. The zero-order chi connectivity index (χ0) is 24.2. The van der Waals surface area contributed by atoms with Crippen LogP contribution in [0.4, 0.5) is 5.13 Å². The SMILES string of the molecule is CCOc1ccc2ccccc2c1C(=O)N(CCCN(C)C)c1nc2c(OC)ccc(Cl)c2s1. The second kappa shape index (κ2) is 10.6. The molecule has 6 nitrogen and oxygen atoms in total. The van der Waals surface area contributed by atoms with Gasteiger partial charge in [0.2, 0.25) is 0 Å². The topological polar surface area (TPSA) is 54.9 Å². The van der Waals surface area contributed by atoms with Crippen LogP contribution in [0, 0.1) is 0 Å². The fourth-order valence-corrected chi connectivity index (χ4v) is 5.21. The van der Waals surface area contributed by atoms with Crippen LogP contribution in [0.2, 0.25) is 5.02 Å². The molecule has 4 aromatic rings. The van der Waals surface area contributed by atoms with Crippen molar-refractivity contribution in [3.05, 3.63) is 59.1 Å². The number of hydrogen-bond acceptors (Lipinski definition) is 6. The molecule has 1 heterocycles. The van der Waals surface area contributed by atoms with Crippen molar-refractivity contribution in [1.82, 2.24) is 9.88 Å². The summed E-state index contributed by atoms with van der Waals surface area (Å²) in [7, 11) is 5.64. The summed E-state index contributed by atoms with van der Waals surface area (Å²) in [4.78, 5) is 22.8. The van der Waals surface area contributed by atoms with Gasteiger partial charge in [-0.15, -0.1) is 0 Å². The molecule has 4 rings (SSSR count). The van der Waals surface area contributed by atoms with Crippen molar-refractivity contribution in [3.63, 3.8) is 0 Å². The van der Waals surface area contributed by atoms with Gasteiger partial charge < -0.3 is 14.4 Å². The van der Waals surface area contributed by atoms with Gasteiger partial charge in [0.05, 0.1) is 29.0 Å². The number of fused-ring (bicyclic) bond motifs is 2. The number of halogens is 1. The van der Waals surface area contributed by atoms with Crippen LogP contribution in [0.15, 0.2) is 48.5 Å². The van der Waals surface area contributed by atoms with Crippen molar-refractivity contribution in [2.75, 3.05) is 45.8 Å². The van der Waals surface area contributed by atoms with E-state index in [4.69, 9.17) is 26.1 Å². The van der Waals surface area contributed by atoms with Gasteiger partial charge in [0, 0.05) is 6.54 Å². The number of nitrogens with zero attached hydrogens (tertiary/aromatic N) is 3. The maximum absolute atomic E-state index is 14.2. The molecule has 0 aliphatic heterocycles. The highest BCUT2D eigenvalue weighted by molar-refractivity contribution is 7.23. The van der Waals surface area contributed by atoms with Crippen LogP contribution in [0.5, 0.6) is 11.5 Å². The van der Waals surface area contributed by atoms with Gasteiger partial charge in [-0.25, -0.2) is 4.98 Å². The first-order valence-corrected chi connectivity index (χ1v) is 12.4. The lowest BCUT2D eigenvalue weighted by Gasteiger charge is -2.23. The van der Waals surface area contributed by atoms with Gasteiger partial charge in [0.1, 0.15) is 17.0 Å². The summed E-state index contributed by atoms with van der Waals surface area (Å²) in [6.07, 6.45) is 0.786. The summed E-state index contributed by atoms with van der Waals surface area (Å²) in [5, 5.41) is 3.00. The lowest BCUT2D eigenvalue weighted by atomic mass is 10.0. The average molecular weight is 498 g/mol. The van der Waals surface area contributed by atoms with Crippen molar-refractivity contribution < 1.29 is 14.3 Å². The highest BCUT2D eigenvalue weighted by Gasteiger charge is 2.27. The molecule has 0 unspecified atom stereocenters. The largest absolute Gasteiger partial charge is 0.494 e. The third-order valence-electron chi connectivity index (χ3n) is 5.53. The first kappa shape index (κ1) is 24.3. The van der Waals surface area contributed by atoms with E-state index in [1.165, 1.54) is 11.3 Å². The fourth-order valence-electron chi connectivity index (χ4n) is 3.93. The summed E-state index contributed by atoms with van der Waals surface area (Å²) in [6.45, 7) is 3.73. The highest BCUT2D eigenvalue weighted by atomic mass is 35.5. The number of amides is 1. The number of thiazole rings is 1. The maximum atomic E-state index is 14.2. The van der Waals surface area contributed by atoms with Crippen LogP contribution in [-0.2, 0) is 0 Å². The van der Waals surface area contributed by atoms with Gasteiger partial charge in [-0.05, 0) is 63.0 Å². The maximum Gasteiger partial charge on any atom is 0.264 e. The number of hydrogen-bond donors (Lipinski definition) is 0. The number of ether oxygens (including phenoxy) is 2. The zero-order valence-electron chi connectivity index (χ0n) is 19.8. The number of carbonyl (C=O) groups is 1. The molecule has 0 saturated heterocycles. The van der Waals surface area contributed by atoms with Gasteiger partial charge in [-0.1, -0.05) is 53.3 Å². The summed E-state index contributed by atoms with van der Waals surface area (Å²) in [6, 6.07) is 15.3. The Hall–Kier alpha value is -2.87. The Balaban J connectivity index is 1.86. The molecule has 0 saturated carbocycles. The lowest BCUT2D eigenvalue weighted by molar-refractivity contribution is 0.0984. The predicted molar refractivity (Wildman–Crippen MR) is 141 cm³/mol. The third-order valence-corrected chi connectivity index (χ3v) is 7.07. The molecule has 1 amide bonds. The number of carbonyl (C=O) groups excluding carboxylic acids is 1. The van der Waals surface area contributed by atoms with Gasteiger partial charge >= 0.3 is 0 Å². The molecule has 8 heteroatoms. The minimum atomic E-state index is -0.145. The molecule has 0 spiro atoms. The number of anilines is 1. The van der Waals surface area contributed by atoms with Crippen molar-refractivity contribution in [2.45, 2.75) is 13.3 Å². The first-order chi connectivity index (χ1) is 16.4. The molecule has 3 aromatic carbocycles. The molecule has 0 atom stereocenters. The van der Waals surface area contributed by atoms with Crippen LogP contribution < -0.4 is 14.4 Å². The fraction of sp³-hybridized carbons (Fsp3) is 0.308. The number of aromatic nitrogens is 1. The van der Waals surface area contributed by atoms with E-state index >= 15 is 0 Å². The van der Waals surface area contributed by atoms with Crippen LogP contribution in [-0.4, -0.2) is 56.7 Å². The number of rotatable bonds is 9. The normalized spacial score (nSPS) is 11.4. The monoisotopic (exact) mass is 497 g/mol. The van der Waals surface area contributed by atoms with Crippen LogP contribution >= 0.6 is 22.9 Å². The lowest BCUT2D eigenvalue weighted by Crippen LogP contribution is -2.34. The molecule has 0 aliphatic carbocycles. The Morgan fingerprint density at radius 1 is 1.06 bits per heavy atom. The number of methoxy groups -OCH3 is 1. The Labute approximate surface area is 208 Å². The summed E-state index contributed by atoms with van der Waals surface area (Å²) >= 11 is 7.87. The molecule has 0 aliphatic rings. The van der Waals surface area contributed by atoms with Gasteiger partial charge in [-0.2, -0.15) is 0 Å². The van der Waals surface area contributed by atoms with E-state index in [0.29, 0.717) is 45.9 Å². The van der Waals surface area contributed by atoms with E-state index in [9.17, 15) is 4.79 Å². The van der Waals surface area contributed by atoms with Crippen LogP contribution in [0.1, 0.15) is 23.7 Å². The van der Waals surface area contributed by atoms with E-state index in [1.807, 2.05) is 57.4 Å². The second-order valence-electron chi connectivity index (χ2n) is 8.13. The Morgan fingerprint density at radius 3 is 2.56 bits per heavy atom. The van der Waals surface area contributed by atoms with Crippen molar-refractivity contribution >= 4 is 55.0 Å². The van der Waals surface area contributed by atoms with E-state index < -0.39 is 0 Å². The second-order valence-corrected chi connectivity index (χ2v) is 9.52. The quantitative estimate of drug-likeness (QED) is 0.279. The third kappa shape index (κ3) is 4.82. The molecule has 0 bridgehead atoms. The minimum Gasteiger partial charge on any atom is -0.494 e. The molecule has 0 fully saturated rings. The van der Waals surface area contributed by atoms with Crippen molar-refractivity contribution in [3.8, 4) is 11.5 Å². The first-order valence-electron chi connectivity index (χ1n) is 11.2. The number of benzene rings is 3. The molecular formula is C26H28ClN3O3S. The molecule has 0 N–H and O–H groups in total. The summed E-state index contributed by atoms with van der Waals surface area (Å²) < 4.78 is 12.2. The molecule has 178 valence electrons. The Bertz CT molecular complexity index is 1320. The van der Waals surface area contributed by atoms with Gasteiger partial charge in [-0.3, -0.25) is 9.69 Å². The summed E-state index contributed by atoms with van der Waals surface area (Å²) in [5.74, 6) is 1.05. The van der Waals surface area contributed by atoms with E-state index in [-0.39, 0.29) is 5.91 Å². The van der Waals surface area contributed by atoms with Crippen LogP contribution in [0.3, 0.4) is 0 Å². The highest BCUT2D eigenvalue weighted by Crippen LogP contribution is 2.40. The minimum absolute atomic E-state index is 0.145. The van der Waals surface area contributed by atoms with E-state index in [2.05, 4.69) is 4.90 Å². The zero-order valence-corrected chi connectivity index (χ0v) is 21.4. The van der Waals surface area contributed by atoms with E-state index in [1.54, 1.807) is 24.1 Å². The van der Waals surface area contributed by atoms with Gasteiger partial charge in [0.25, 0.3) is 5.91 Å². The summed E-state index contributed by atoms with van der Waals surface area (Å²) in [5.41, 5.74) is 1.20. The Kier molecular flexibility index (Phi) is 7.56. The molecule has 1 aromatic heterocycles. The Morgan fingerprint density at radius 2 is 1.82 bits per heavy atom. The van der Waals surface area contributed by atoms with Crippen molar-refractivity contribution in [2.24, 2.45) is 0 Å². The van der Waals surface area contributed by atoms with Crippen molar-refractivity contribution in [1.29, 1.82) is 0 Å². The van der Waals surface area contributed by atoms with Gasteiger partial charge in [0.15, 0.2) is 5.13 Å². The van der Waals surface area contributed by atoms with E-state index in [0.717, 1.165) is 28.4 Å². The average Bonchev–Trinajstić information content (AvgIpc) is 3.27. The molecule has 0 radical (unpaired) electrons. The predicted octanol–water partition coefficient (Wildman–Crippen LogP) is 6.11.